The van der Waals surface area contributed by atoms with E-state index in [1.54, 1.807) is 18.6 Å². The molecule has 166 valence electrons. The van der Waals surface area contributed by atoms with Crippen LogP contribution in [0.4, 0.5) is 5.69 Å². The lowest BCUT2D eigenvalue weighted by Gasteiger charge is -2.27. The van der Waals surface area contributed by atoms with Crippen LogP contribution in [0.3, 0.4) is 0 Å². The Balaban J connectivity index is 2.20. The van der Waals surface area contributed by atoms with Gasteiger partial charge in [-0.2, -0.15) is 0 Å². The number of nitrogens with zero attached hydrogens (tertiary/aromatic N) is 1. The monoisotopic (exact) mass is 469 g/mol. The van der Waals surface area contributed by atoms with Crippen molar-refractivity contribution in [1.29, 1.82) is 0 Å². The van der Waals surface area contributed by atoms with Crippen LogP contribution >= 0.6 is 0 Å². The number of hydrogen-bond acceptors (Lipinski definition) is 10. The minimum atomic E-state index is -4.79. The van der Waals surface area contributed by atoms with Gasteiger partial charge in [0.05, 0.1) is 16.7 Å². The van der Waals surface area contributed by atoms with Crippen LogP contribution in [-0.2, 0) is 30.4 Å². The average Bonchev–Trinajstić information content (AvgIpc) is 2.83. The van der Waals surface area contributed by atoms with E-state index in [2.05, 4.69) is 0 Å². The predicted octanol–water partition coefficient (Wildman–Crippen LogP) is -0.893. The largest absolute Gasteiger partial charge is 0.744 e. The Morgan fingerprint density at radius 1 is 1.19 bits per heavy atom. The molecule has 2 aromatic carbocycles. The first kappa shape index (κ1) is 22.7. The van der Waals surface area contributed by atoms with Gasteiger partial charge in [-0.05, 0) is 29.8 Å². The molecule has 11 nitrogen and oxygen atoms in total. The van der Waals surface area contributed by atoms with Crippen LogP contribution in [-0.4, -0.2) is 45.2 Å². The van der Waals surface area contributed by atoms with E-state index in [0.29, 0.717) is 5.56 Å². The van der Waals surface area contributed by atoms with Crippen molar-refractivity contribution >= 4 is 37.8 Å². The Morgan fingerprint density at radius 3 is 2.32 bits per heavy atom. The number of nitrogens with one attached hydrogen (secondary N) is 1. The highest BCUT2D eigenvalue weighted by Gasteiger charge is 2.42. The number of fused-ring (bicyclic) bond motifs is 1. The van der Waals surface area contributed by atoms with Gasteiger partial charge in [0.2, 0.25) is 15.5 Å². The van der Waals surface area contributed by atoms with Crippen molar-refractivity contribution in [3.63, 3.8) is 0 Å². The molecule has 0 atom stereocenters. The molecule has 0 radical (unpaired) electrons. The third-order valence-electron chi connectivity index (χ3n) is 4.96. The minimum absolute atomic E-state index is 0.203. The molecule has 0 unspecified atom stereocenters. The molecular weight excluding hydrogens is 452 g/mol. The van der Waals surface area contributed by atoms with Gasteiger partial charge in [0.1, 0.15) is 16.7 Å². The summed E-state index contributed by atoms with van der Waals surface area (Å²) in [5.74, 6) is -1.68. The molecular formula is C18H17N2O9S2-. The SMILES string of the molecule is CC1(C)/C(=C/c2c(O)c(=O)c2=O)N(CC(=O)NS(C)(=O)=O)c2ccc(S(=O)(=O)[O-])cc21. The highest BCUT2D eigenvalue weighted by atomic mass is 32.2. The summed E-state index contributed by atoms with van der Waals surface area (Å²) in [6.45, 7) is 2.67. The quantitative estimate of drug-likeness (QED) is 0.412. The number of sulfonamides is 1. The van der Waals surface area contributed by atoms with Crippen LogP contribution in [0.2, 0.25) is 0 Å². The average molecular weight is 469 g/mol. The van der Waals surface area contributed by atoms with Crippen LogP contribution in [0.25, 0.3) is 6.08 Å². The molecule has 3 rings (SSSR count). The van der Waals surface area contributed by atoms with Gasteiger partial charge in [0, 0.05) is 16.8 Å². The third kappa shape index (κ3) is 3.98. The molecule has 1 amide bonds. The second kappa shape index (κ2) is 7.00. The summed E-state index contributed by atoms with van der Waals surface area (Å²) in [4.78, 5) is 36.3. The van der Waals surface area contributed by atoms with Crippen molar-refractivity contribution in [1.82, 2.24) is 4.72 Å². The highest BCUT2D eigenvalue weighted by Crippen LogP contribution is 2.49. The van der Waals surface area contributed by atoms with Gasteiger partial charge in [0.25, 0.3) is 11.3 Å². The molecule has 2 N–H and O–H groups in total. The maximum absolute atomic E-state index is 12.3. The van der Waals surface area contributed by atoms with Crippen LogP contribution in [0, 0.1) is 0 Å². The van der Waals surface area contributed by atoms with Crippen molar-refractivity contribution < 1.29 is 31.3 Å². The lowest BCUT2D eigenvalue weighted by Crippen LogP contribution is -2.40. The number of benzene rings is 1. The fraction of sp³-hybridized carbons (Fsp3) is 0.278. The van der Waals surface area contributed by atoms with E-state index in [1.165, 1.54) is 17.0 Å². The van der Waals surface area contributed by atoms with Crippen molar-refractivity contribution in [3.05, 3.63) is 55.5 Å². The first-order valence-electron chi connectivity index (χ1n) is 8.67. The van der Waals surface area contributed by atoms with E-state index in [0.717, 1.165) is 18.4 Å². The first-order valence-corrected chi connectivity index (χ1v) is 12.0. The summed E-state index contributed by atoms with van der Waals surface area (Å²) in [5, 5.41) is 9.73. The van der Waals surface area contributed by atoms with Crippen molar-refractivity contribution in [2.24, 2.45) is 0 Å². The molecule has 31 heavy (non-hydrogen) atoms. The molecule has 1 heterocycles. The Morgan fingerprint density at radius 2 is 1.81 bits per heavy atom. The van der Waals surface area contributed by atoms with E-state index in [-0.39, 0.29) is 16.9 Å². The Kier molecular flexibility index (Phi) is 5.12. The summed E-state index contributed by atoms with van der Waals surface area (Å²) in [7, 11) is -8.66. The second-order valence-electron chi connectivity index (χ2n) is 7.59. The van der Waals surface area contributed by atoms with Gasteiger partial charge in [0.15, 0.2) is 5.75 Å². The molecule has 0 saturated carbocycles. The summed E-state index contributed by atoms with van der Waals surface area (Å²) in [6.07, 6.45) is 1.97. The molecule has 1 aliphatic heterocycles. The standard InChI is InChI=1S/C18H18N2O9S2/c1-18(2)11-6-9(31(27,28)29)4-5-12(11)20(8-14(21)19-30(3,25)26)13(18)7-10-15(22)17(24)16(10)23/h4-7,22H,8H2,1-3H3,(H,19,21)(H,27,28,29)/p-1/b13-7-. The number of anilines is 1. The number of amides is 1. The van der Waals surface area contributed by atoms with E-state index >= 15 is 0 Å². The Bertz CT molecular complexity index is 1430. The van der Waals surface area contributed by atoms with E-state index < -0.39 is 59.5 Å². The van der Waals surface area contributed by atoms with Crippen LogP contribution in [0.1, 0.15) is 25.0 Å². The van der Waals surface area contributed by atoms with Gasteiger partial charge in [-0.25, -0.2) is 16.8 Å². The van der Waals surface area contributed by atoms with Crippen LogP contribution in [0.5, 0.6) is 5.75 Å². The molecule has 0 bridgehead atoms. The first-order chi connectivity index (χ1) is 14.0. The molecule has 13 heteroatoms. The molecule has 0 fully saturated rings. The normalized spacial score (nSPS) is 17.2. The highest BCUT2D eigenvalue weighted by molar-refractivity contribution is 7.89. The summed E-state index contributed by atoms with van der Waals surface area (Å²) in [5.41, 5.74) is -2.61. The fourth-order valence-corrected chi connectivity index (χ4v) is 4.47. The molecule has 0 aliphatic carbocycles. The van der Waals surface area contributed by atoms with Gasteiger partial charge < -0.3 is 14.6 Å². The van der Waals surface area contributed by atoms with Gasteiger partial charge in [-0.15, -0.1) is 0 Å². The summed E-state index contributed by atoms with van der Waals surface area (Å²) < 4.78 is 59.0. The lowest BCUT2D eigenvalue weighted by molar-refractivity contribution is -0.118. The van der Waals surface area contributed by atoms with Crippen molar-refractivity contribution in [2.45, 2.75) is 24.2 Å². The smallest absolute Gasteiger partial charge is 0.268 e. The van der Waals surface area contributed by atoms with E-state index in [4.69, 9.17) is 0 Å². The Hall–Kier alpha value is -3.03. The second-order valence-corrected chi connectivity index (χ2v) is 10.7. The summed E-state index contributed by atoms with van der Waals surface area (Å²) in [6, 6.07) is 3.44. The summed E-state index contributed by atoms with van der Waals surface area (Å²) >= 11 is 0. The van der Waals surface area contributed by atoms with Gasteiger partial charge in [-0.1, -0.05) is 13.8 Å². The maximum Gasteiger partial charge on any atom is 0.268 e. The number of carbonyl (C=O) groups is 1. The lowest BCUT2D eigenvalue weighted by atomic mass is 9.83. The number of aromatic hydroxyl groups is 1. The van der Waals surface area contributed by atoms with Crippen LogP contribution < -0.4 is 20.5 Å². The van der Waals surface area contributed by atoms with E-state index in [1.807, 2.05) is 0 Å². The zero-order valence-corrected chi connectivity index (χ0v) is 18.1. The van der Waals surface area contributed by atoms with Gasteiger partial charge in [-0.3, -0.25) is 19.1 Å². The zero-order valence-electron chi connectivity index (χ0n) is 16.5. The maximum atomic E-state index is 12.3. The molecule has 0 saturated heterocycles. The van der Waals surface area contributed by atoms with Crippen molar-refractivity contribution in [2.75, 3.05) is 17.7 Å². The third-order valence-corrected chi connectivity index (χ3v) is 6.38. The van der Waals surface area contributed by atoms with Crippen molar-refractivity contribution in [3.8, 4) is 5.75 Å². The minimum Gasteiger partial charge on any atom is -0.744 e. The fourth-order valence-electron chi connectivity index (χ4n) is 3.49. The molecule has 1 aliphatic rings. The predicted molar refractivity (Wildman–Crippen MR) is 109 cm³/mol. The van der Waals surface area contributed by atoms with Gasteiger partial charge >= 0.3 is 0 Å². The zero-order chi connectivity index (χ0) is 23.5. The number of hydrogen-bond donors (Lipinski definition) is 2. The van der Waals surface area contributed by atoms with Crippen LogP contribution in [0.15, 0.2) is 38.4 Å². The topological polar surface area (TPSA) is 178 Å². The number of allylic oxidation sites excluding steroid dienone is 1. The Labute approximate surface area is 177 Å². The van der Waals surface area contributed by atoms with E-state index in [9.17, 15) is 40.9 Å². The number of rotatable bonds is 5. The molecule has 0 spiro atoms. The molecule has 0 aromatic heterocycles. The molecule has 2 aromatic rings. The number of carbonyl (C=O) groups excluding carboxylic acids is 1.